The Labute approximate surface area is 89.0 Å². The van der Waals surface area contributed by atoms with Crippen molar-refractivity contribution >= 4 is 43.2 Å². The van der Waals surface area contributed by atoms with Crippen LogP contribution in [0.15, 0.2) is 21.5 Å². The van der Waals surface area contributed by atoms with Crippen LogP contribution in [0.3, 0.4) is 0 Å². The Balaban J connectivity index is 3.56. The molecule has 13 heavy (non-hydrogen) atoms. The van der Waals surface area contributed by atoms with Crippen LogP contribution >= 0.6 is 27.5 Å². The third-order valence-corrected chi connectivity index (χ3v) is 3.19. The third kappa shape index (κ3) is 2.34. The van der Waals surface area contributed by atoms with Gasteiger partial charge in [0.15, 0.2) is 0 Å². The predicted octanol–water partition coefficient (Wildman–Crippen LogP) is 1.33. The highest BCUT2D eigenvalue weighted by Gasteiger charge is 2.15. The Morgan fingerprint density at radius 3 is 2.38 bits per heavy atom. The number of primary sulfonamides is 1. The Bertz CT molecular complexity index is 446. The Morgan fingerprint density at radius 2 is 1.92 bits per heavy atom. The molecule has 1 aromatic carbocycles. The molecule has 4 nitrogen and oxygen atoms in total. The van der Waals surface area contributed by atoms with Crippen LogP contribution in [-0.4, -0.2) is 8.42 Å². The lowest BCUT2D eigenvalue weighted by Crippen LogP contribution is -2.14. The fraction of sp³-hybridized carbons (Fsp3) is 0. The molecule has 0 bridgehead atoms. The van der Waals surface area contributed by atoms with E-state index in [9.17, 15) is 8.42 Å². The number of anilines is 1. The molecule has 0 heterocycles. The van der Waals surface area contributed by atoms with Crippen LogP contribution in [0.5, 0.6) is 0 Å². The lowest BCUT2D eigenvalue weighted by Gasteiger charge is -2.05. The van der Waals surface area contributed by atoms with Gasteiger partial charge in [-0.15, -0.1) is 0 Å². The summed E-state index contributed by atoms with van der Waals surface area (Å²) in [6, 6.07) is 2.70. The van der Waals surface area contributed by atoms with E-state index in [4.69, 9.17) is 22.5 Å². The van der Waals surface area contributed by atoms with Crippen LogP contribution in [0.2, 0.25) is 5.02 Å². The predicted molar refractivity (Wildman–Crippen MR) is 54.9 cm³/mol. The second-order valence-electron chi connectivity index (χ2n) is 2.34. The maximum atomic E-state index is 11.0. The molecule has 1 rings (SSSR count). The summed E-state index contributed by atoms with van der Waals surface area (Å²) >= 11 is 8.68. The average Bonchev–Trinajstić information content (AvgIpc) is 1.94. The van der Waals surface area contributed by atoms with Gasteiger partial charge in [-0.05, 0) is 28.1 Å². The van der Waals surface area contributed by atoms with Crippen molar-refractivity contribution in [3.05, 3.63) is 21.6 Å². The van der Waals surface area contributed by atoms with Crippen molar-refractivity contribution in [3.63, 3.8) is 0 Å². The number of rotatable bonds is 1. The minimum Gasteiger partial charge on any atom is -0.397 e. The van der Waals surface area contributed by atoms with Gasteiger partial charge < -0.3 is 5.73 Å². The Kier molecular flexibility index (Phi) is 2.86. The summed E-state index contributed by atoms with van der Waals surface area (Å²) in [5.74, 6) is 0. The number of hydrogen-bond acceptors (Lipinski definition) is 3. The molecule has 0 aliphatic rings. The molecule has 0 aromatic heterocycles. The van der Waals surface area contributed by atoms with Gasteiger partial charge in [0.25, 0.3) is 0 Å². The lowest BCUT2D eigenvalue weighted by molar-refractivity contribution is 0.598. The van der Waals surface area contributed by atoms with Gasteiger partial charge in [-0.1, -0.05) is 11.6 Å². The van der Waals surface area contributed by atoms with Crippen molar-refractivity contribution in [2.45, 2.75) is 4.90 Å². The topological polar surface area (TPSA) is 86.2 Å². The second-order valence-corrected chi connectivity index (χ2v) is 5.17. The van der Waals surface area contributed by atoms with Gasteiger partial charge in [0.05, 0.1) is 5.69 Å². The molecule has 0 atom stereocenters. The van der Waals surface area contributed by atoms with Crippen molar-refractivity contribution in [2.24, 2.45) is 5.14 Å². The molecular weight excluding hydrogens is 280 g/mol. The van der Waals surface area contributed by atoms with E-state index in [-0.39, 0.29) is 15.6 Å². The summed E-state index contributed by atoms with van der Waals surface area (Å²) in [5, 5.41) is 5.16. The number of halogens is 2. The molecule has 0 aliphatic carbocycles. The molecule has 7 heteroatoms. The quantitative estimate of drug-likeness (QED) is 0.763. The van der Waals surface area contributed by atoms with E-state index in [1.54, 1.807) is 0 Å². The smallest absolute Gasteiger partial charge is 0.240 e. The van der Waals surface area contributed by atoms with Gasteiger partial charge in [0.1, 0.15) is 4.90 Å². The van der Waals surface area contributed by atoms with Gasteiger partial charge in [-0.25, -0.2) is 13.6 Å². The van der Waals surface area contributed by atoms with Crippen LogP contribution in [0, 0.1) is 0 Å². The van der Waals surface area contributed by atoms with E-state index in [1.807, 2.05) is 0 Å². The van der Waals surface area contributed by atoms with Crippen molar-refractivity contribution in [3.8, 4) is 0 Å². The molecular formula is C6H6BrClN2O2S. The SMILES string of the molecule is Nc1c(Br)cc(Cl)cc1S(N)(=O)=O. The zero-order valence-corrected chi connectivity index (χ0v) is 9.45. The van der Waals surface area contributed by atoms with Gasteiger partial charge in [-0.3, -0.25) is 0 Å². The van der Waals surface area contributed by atoms with E-state index in [2.05, 4.69) is 15.9 Å². The van der Waals surface area contributed by atoms with E-state index < -0.39 is 10.0 Å². The number of nitrogen functional groups attached to an aromatic ring is 1. The molecule has 0 fully saturated rings. The highest BCUT2D eigenvalue weighted by molar-refractivity contribution is 9.10. The van der Waals surface area contributed by atoms with Crippen LogP contribution < -0.4 is 10.9 Å². The standard InChI is InChI=1S/C6H6BrClN2O2S/c7-4-1-3(8)2-5(6(4)9)13(10,11)12/h1-2H,9H2,(H2,10,11,12). The van der Waals surface area contributed by atoms with E-state index >= 15 is 0 Å². The summed E-state index contributed by atoms with van der Waals surface area (Å²) < 4.78 is 22.4. The molecule has 0 saturated carbocycles. The molecule has 0 unspecified atom stereocenters. The number of nitrogens with two attached hydrogens (primary N) is 2. The Hall–Kier alpha value is -0.300. The molecule has 1 aromatic rings. The van der Waals surface area contributed by atoms with E-state index in [1.165, 1.54) is 12.1 Å². The van der Waals surface area contributed by atoms with Crippen molar-refractivity contribution < 1.29 is 8.42 Å². The summed E-state index contributed by atoms with van der Waals surface area (Å²) in [5.41, 5.74) is 5.53. The van der Waals surface area contributed by atoms with Crippen LogP contribution in [0.4, 0.5) is 5.69 Å². The molecule has 0 amide bonds. The molecule has 0 spiro atoms. The maximum absolute atomic E-state index is 11.0. The average molecular weight is 286 g/mol. The first kappa shape index (κ1) is 10.8. The first-order valence-electron chi connectivity index (χ1n) is 3.09. The molecule has 72 valence electrons. The van der Waals surface area contributed by atoms with Crippen LogP contribution in [-0.2, 0) is 10.0 Å². The lowest BCUT2D eigenvalue weighted by atomic mass is 10.3. The fourth-order valence-corrected chi connectivity index (χ4v) is 2.51. The summed E-state index contributed by atoms with van der Waals surface area (Å²) in [7, 11) is -3.82. The van der Waals surface area contributed by atoms with E-state index in [0.717, 1.165) is 0 Å². The van der Waals surface area contributed by atoms with Crippen LogP contribution in [0.1, 0.15) is 0 Å². The zero-order valence-electron chi connectivity index (χ0n) is 6.29. The highest BCUT2D eigenvalue weighted by atomic mass is 79.9. The van der Waals surface area contributed by atoms with Crippen molar-refractivity contribution in [1.29, 1.82) is 0 Å². The minimum absolute atomic E-state index is 0.0619. The van der Waals surface area contributed by atoms with Gasteiger partial charge in [-0.2, -0.15) is 0 Å². The summed E-state index contributed by atoms with van der Waals surface area (Å²) in [4.78, 5) is -0.174. The monoisotopic (exact) mass is 284 g/mol. The van der Waals surface area contributed by atoms with Crippen molar-refractivity contribution in [2.75, 3.05) is 5.73 Å². The zero-order chi connectivity index (χ0) is 10.2. The summed E-state index contributed by atoms with van der Waals surface area (Å²) in [6.07, 6.45) is 0. The molecule has 0 radical (unpaired) electrons. The number of benzene rings is 1. The van der Waals surface area contributed by atoms with Gasteiger partial charge in [0.2, 0.25) is 10.0 Å². The summed E-state index contributed by atoms with van der Waals surface area (Å²) in [6.45, 7) is 0. The maximum Gasteiger partial charge on any atom is 0.240 e. The van der Waals surface area contributed by atoms with Gasteiger partial charge in [0, 0.05) is 9.50 Å². The number of hydrogen-bond donors (Lipinski definition) is 2. The first-order valence-corrected chi connectivity index (χ1v) is 5.81. The molecule has 4 N–H and O–H groups in total. The fourth-order valence-electron chi connectivity index (χ4n) is 0.797. The molecule has 0 saturated heterocycles. The largest absolute Gasteiger partial charge is 0.397 e. The molecule has 0 aliphatic heterocycles. The highest BCUT2D eigenvalue weighted by Crippen LogP contribution is 2.30. The second kappa shape index (κ2) is 3.45. The number of sulfonamides is 1. The van der Waals surface area contributed by atoms with E-state index in [0.29, 0.717) is 4.47 Å². The Morgan fingerprint density at radius 1 is 1.38 bits per heavy atom. The van der Waals surface area contributed by atoms with Gasteiger partial charge >= 0.3 is 0 Å². The minimum atomic E-state index is -3.82. The first-order chi connectivity index (χ1) is 5.82. The third-order valence-electron chi connectivity index (χ3n) is 1.36. The van der Waals surface area contributed by atoms with Crippen molar-refractivity contribution in [1.82, 2.24) is 0 Å². The normalized spacial score (nSPS) is 11.6. The van der Waals surface area contributed by atoms with Crippen LogP contribution in [0.25, 0.3) is 0 Å².